The first-order valence-corrected chi connectivity index (χ1v) is 6.08. The van der Waals surface area contributed by atoms with E-state index >= 15 is 0 Å². The molecule has 1 rings (SSSR count). The fourth-order valence-corrected chi connectivity index (χ4v) is 1.60. The van der Waals surface area contributed by atoms with Crippen LogP contribution in [0.25, 0.3) is 0 Å². The van der Waals surface area contributed by atoms with Crippen LogP contribution in [0.1, 0.15) is 25.8 Å². The molecule has 0 spiro atoms. The molecule has 0 fully saturated rings. The van der Waals surface area contributed by atoms with Crippen LogP contribution < -0.4 is 5.43 Å². The summed E-state index contributed by atoms with van der Waals surface area (Å²) in [6.07, 6.45) is 1.85. The number of nitrogens with one attached hydrogen (secondary N) is 1. The summed E-state index contributed by atoms with van der Waals surface area (Å²) in [5, 5.41) is 13.3. The highest BCUT2D eigenvalue weighted by Gasteiger charge is 2.03. The van der Waals surface area contributed by atoms with Crippen molar-refractivity contribution in [2.24, 2.45) is 11.0 Å². The highest BCUT2D eigenvalue weighted by molar-refractivity contribution is 9.10. The van der Waals surface area contributed by atoms with Crippen molar-refractivity contribution in [2.45, 2.75) is 20.3 Å². The molecule has 0 aliphatic carbocycles. The summed E-state index contributed by atoms with van der Waals surface area (Å²) >= 11 is 3.29. The Bertz CT molecular complexity index is 431. The van der Waals surface area contributed by atoms with E-state index in [0.29, 0.717) is 17.9 Å². The molecule has 1 aromatic rings. The van der Waals surface area contributed by atoms with Gasteiger partial charge in [-0.15, -0.1) is 0 Å². The van der Waals surface area contributed by atoms with Crippen LogP contribution in [0.15, 0.2) is 27.8 Å². The molecule has 0 saturated heterocycles. The summed E-state index contributed by atoms with van der Waals surface area (Å²) in [7, 11) is 0. The summed E-state index contributed by atoms with van der Waals surface area (Å²) in [5.74, 6) is 0.283. The Morgan fingerprint density at radius 3 is 2.94 bits per heavy atom. The van der Waals surface area contributed by atoms with Crippen molar-refractivity contribution in [2.75, 3.05) is 0 Å². The topological polar surface area (TPSA) is 61.7 Å². The Balaban J connectivity index is 2.59. The molecule has 0 saturated carbocycles. The second kappa shape index (κ2) is 6.39. The molecule has 4 nitrogen and oxygen atoms in total. The quantitative estimate of drug-likeness (QED) is 0.663. The molecule has 0 aliphatic heterocycles. The maximum atomic E-state index is 11.3. The lowest BCUT2D eigenvalue weighted by Crippen LogP contribution is -2.19. The fraction of sp³-hybridized carbons (Fsp3) is 0.333. The van der Waals surface area contributed by atoms with Crippen molar-refractivity contribution in [1.29, 1.82) is 0 Å². The van der Waals surface area contributed by atoms with Gasteiger partial charge in [-0.1, -0.05) is 29.8 Å². The number of halogens is 1. The van der Waals surface area contributed by atoms with E-state index < -0.39 is 0 Å². The summed E-state index contributed by atoms with van der Waals surface area (Å²) < 4.78 is 0.838. The number of aromatic hydroxyl groups is 1. The third kappa shape index (κ3) is 4.99. The number of nitrogens with zero attached hydrogens (tertiary/aromatic N) is 1. The normalized spacial score (nSPS) is 11.1. The Morgan fingerprint density at radius 2 is 2.29 bits per heavy atom. The second-order valence-corrected chi connectivity index (χ2v) is 5.01. The average molecular weight is 299 g/mol. The van der Waals surface area contributed by atoms with E-state index in [-0.39, 0.29) is 11.7 Å². The van der Waals surface area contributed by atoms with Gasteiger partial charge in [0, 0.05) is 16.5 Å². The van der Waals surface area contributed by atoms with E-state index in [1.54, 1.807) is 18.2 Å². The Kier molecular flexibility index (Phi) is 5.15. The van der Waals surface area contributed by atoms with Crippen LogP contribution in [-0.4, -0.2) is 17.2 Å². The minimum atomic E-state index is -0.134. The smallest absolute Gasteiger partial charge is 0.240 e. The lowest BCUT2D eigenvalue weighted by atomic mass is 10.1. The van der Waals surface area contributed by atoms with E-state index in [2.05, 4.69) is 26.5 Å². The van der Waals surface area contributed by atoms with Crippen molar-refractivity contribution in [3.63, 3.8) is 0 Å². The zero-order valence-corrected chi connectivity index (χ0v) is 11.4. The van der Waals surface area contributed by atoms with Gasteiger partial charge in [0.2, 0.25) is 5.91 Å². The first-order valence-electron chi connectivity index (χ1n) is 5.29. The minimum Gasteiger partial charge on any atom is -0.507 e. The highest BCUT2D eigenvalue weighted by atomic mass is 79.9. The molecule has 1 amide bonds. The predicted octanol–water partition coefficient (Wildman–Crippen LogP) is 2.65. The van der Waals surface area contributed by atoms with Gasteiger partial charge >= 0.3 is 0 Å². The molecule has 0 bridgehead atoms. The average Bonchev–Trinajstić information content (AvgIpc) is 2.22. The number of rotatable bonds is 4. The number of hydrazone groups is 1. The van der Waals surface area contributed by atoms with Gasteiger partial charge < -0.3 is 5.11 Å². The molecule has 0 atom stereocenters. The summed E-state index contributed by atoms with van der Waals surface area (Å²) in [6, 6.07) is 5.00. The molecule has 0 radical (unpaired) electrons. The largest absolute Gasteiger partial charge is 0.507 e. The number of amides is 1. The van der Waals surface area contributed by atoms with E-state index in [1.807, 2.05) is 13.8 Å². The van der Waals surface area contributed by atoms with Crippen LogP contribution in [0, 0.1) is 5.92 Å². The molecular formula is C12H15BrN2O2. The van der Waals surface area contributed by atoms with E-state index in [0.717, 1.165) is 4.47 Å². The van der Waals surface area contributed by atoms with Crippen LogP contribution >= 0.6 is 15.9 Å². The lowest BCUT2D eigenvalue weighted by Gasteiger charge is -2.02. The van der Waals surface area contributed by atoms with Gasteiger partial charge in [-0.2, -0.15) is 5.10 Å². The van der Waals surface area contributed by atoms with Gasteiger partial charge in [-0.05, 0) is 24.1 Å². The van der Waals surface area contributed by atoms with Gasteiger partial charge in [0.15, 0.2) is 0 Å². The van der Waals surface area contributed by atoms with Crippen molar-refractivity contribution in [3.8, 4) is 5.75 Å². The number of phenols is 1. The maximum absolute atomic E-state index is 11.3. The summed E-state index contributed by atoms with van der Waals surface area (Å²) in [5.41, 5.74) is 2.96. The Morgan fingerprint density at radius 1 is 1.59 bits per heavy atom. The second-order valence-electron chi connectivity index (χ2n) is 4.09. The van der Waals surface area contributed by atoms with Crippen LogP contribution in [0.3, 0.4) is 0 Å². The molecule has 2 N–H and O–H groups in total. The van der Waals surface area contributed by atoms with Crippen LogP contribution in [-0.2, 0) is 4.79 Å². The molecule has 0 heterocycles. The zero-order chi connectivity index (χ0) is 12.8. The molecule has 17 heavy (non-hydrogen) atoms. The van der Waals surface area contributed by atoms with Crippen molar-refractivity contribution in [1.82, 2.24) is 5.43 Å². The third-order valence-electron chi connectivity index (χ3n) is 1.98. The van der Waals surface area contributed by atoms with E-state index in [4.69, 9.17) is 0 Å². The third-order valence-corrected chi connectivity index (χ3v) is 2.47. The lowest BCUT2D eigenvalue weighted by molar-refractivity contribution is -0.121. The first kappa shape index (κ1) is 13.7. The number of benzene rings is 1. The van der Waals surface area contributed by atoms with Crippen molar-refractivity contribution in [3.05, 3.63) is 28.2 Å². The van der Waals surface area contributed by atoms with Crippen LogP contribution in [0.2, 0.25) is 0 Å². The van der Waals surface area contributed by atoms with Crippen LogP contribution in [0.4, 0.5) is 0 Å². The van der Waals surface area contributed by atoms with E-state index in [9.17, 15) is 9.90 Å². The van der Waals surface area contributed by atoms with Crippen molar-refractivity contribution >= 4 is 28.1 Å². The van der Waals surface area contributed by atoms with Gasteiger partial charge in [-0.25, -0.2) is 5.43 Å². The molecule has 5 heteroatoms. The monoisotopic (exact) mass is 298 g/mol. The summed E-state index contributed by atoms with van der Waals surface area (Å²) in [6.45, 7) is 3.92. The first-order chi connectivity index (χ1) is 7.99. The standard InChI is InChI=1S/C12H15BrN2O2/c1-8(2)5-12(17)15-14-7-9-6-10(13)3-4-11(9)16/h3-4,6-8,16H,5H2,1-2H3,(H,15,17)/b14-7+. The van der Waals surface area contributed by atoms with Crippen molar-refractivity contribution < 1.29 is 9.90 Å². The van der Waals surface area contributed by atoms with Gasteiger partial charge in [-0.3, -0.25) is 4.79 Å². The maximum Gasteiger partial charge on any atom is 0.240 e. The molecule has 0 aliphatic rings. The molecule has 0 aromatic heterocycles. The van der Waals surface area contributed by atoms with Gasteiger partial charge in [0.1, 0.15) is 5.75 Å². The number of hydrogen-bond acceptors (Lipinski definition) is 3. The summed E-state index contributed by atoms with van der Waals surface area (Å²) in [4.78, 5) is 11.3. The van der Waals surface area contributed by atoms with E-state index in [1.165, 1.54) is 6.21 Å². The molecule has 0 unspecified atom stereocenters. The molecular weight excluding hydrogens is 284 g/mol. The molecule has 1 aromatic carbocycles. The fourth-order valence-electron chi connectivity index (χ4n) is 1.22. The number of phenolic OH excluding ortho intramolecular Hbond substituents is 1. The van der Waals surface area contributed by atoms with Gasteiger partial charge in [0.25, 0.3) is 0 Å². The zero-order valence-electron chi connectivity index (χ0n) is 9.77. The number of carbonyl (C=O) groups is 1. The predicted molar refractivity (Wildman–Crippen MR) is 71.0 cm³/mol. The van der Waals surface area contributed by atoms with Crippen LogP contribution in [0.5, 0.6) is 5.75 Å². The SMILES string of the molecule is CC(C)CC(=O)N/N=C/c1cc(Br)ccc1O. The minimum absolute atomic E-state index is 0.120. The molecule has 92 valence electrons. The van der Waals surface area contributed by atoms with Gasteiger partial charge in [0.05, 0.1) is 6.21 Å². The highest BCUT2D eigenvalue weighted by Crippen LogP contribution is 2.19. The Labute approximate surface area is 109 Å². The Hall–Kier alpha value is -1.36. The number of carbonyl (C=O) groups excluding carboxylic acids is 1. The number of hydrogen-bond donors (Lipinski definition) is 2.